The number of likely N-dealkylation sites (tertiary alicyclic amines) is 1. The second-order valence-electron chi connectivity index (χ2n) is 12.8. The lowest BCUT2D eigenvalue weighted by molar-refractivity contribution is -0.143. The number of carbonyl (C=O) groups is 5. The Morgan fingerprint density at radius 2 is 1.41 bits per heavy atom. The zero-order chi connectivity index (χ0) is 37.7. The van der Waals surface area contributed by atoms with Crippen LogP contribution in [0.3, 0.4) is 0 Å². The number of carboxylic acid groups (broad SMARTS) is 1. The van der Waals surface area contributed by atoms with Crippen molar-refractivity contribution in [2.75, 3.05) is 13.1 Å². The molecule has 4 amide bonds. The molecule has 1 heterocycles. The van der Waals surface area contributed by atoms with Crippen molar-refractivity contribution in [1.29, 1.82) is 0 Å². The summed E-state index contributed by atoms with van der Waals surface area (Å²) in [5, 5.41) is 37.2. The number of hydrogen-bond donors (Lipinski definition) is 9. The highest BCUT2D eigenvalue weighted by atomic mass is 16.4. The number of nitrogens with two attached hydrogens (primary N) is 3. The molecule has 1 saturated heterocycles. The van der Waals surface area contributed by atoms with Gasteiger partial charge in [-0.1, -0.05) is 44.5 Å². The molecule has 12 N–H and O–H groups in total. The zero-order valence-corrected chi connectivity index (χ0v) is 29.0. The van der Waals surface area contributed by atoms with E-state index >= 15 is 0 Å². The lowest BCUT2D eigenvalue weighted by atomic mass is 9.98. The number of carbonyl (C=O) groups excluding carboxylic acids is 4. The number of amides is 4. The highest BCUT2D eigenvalue weighted by molar-refractivity contribution is 5.96. The number of aromatic hydroxyl groups is 2. The summed E-state index contributed by atoms with van der Waals surface area (Å²) in [5.74, 6) is -3.99. The number of phenolic OH excluding ortho intramolecular Hbond substituents is 2. The Morgan fingerprint density at radius 3 is 1.94 bits per heavy atom. The number of aliphatic carboxylic acids is 1. The minimum Gasteiger partial charge on any atom is -0.508 e. The fourth-order valence-corrected chi connectivity index (χ4v) is 5.73. The van der Waals surface area contributed by atoms with E-state index in [0.29, 0.717) is 24.0 Å². The van der Waals surface area contributed by atoms with Gasteiger partial charge in [0.25, 0.3) is 0 Å². The largest absolute Gasteiger partial charge is 0.508 e. The summed E-state index contributed by atoms with van der Waals surface area (Å²) in [4.78, 5) is 71.9. The first kappa shape index (κ1) is 40.1. The van der Waals surface area contributed by atoms with Crippen LogP contribution in [0, 0.1) is 5.92 Å². The maximum Gasteiger partial charge on any atom is 0.326 e. The van der Waals surface area contributed by atoms with Crippen LogP contribution in [0.2, 0.25) is 0 Å². The first-order valence-electron chi connectivity index (χ1n) is 17.0. The van der Waals surface area contributed by atoms with E-state index in [-0.39, 0.29) is 68.6 Å². The average molecular weight is 711 g/mol. The third-order valence-electron chi connectivity index (χ3n) is 8.96. The van der Waals surface area contributed by atoms with Gasteiger partial charge in [-0.05, 0) is 67.0 Å². The molecule has 0 aliphatic carbocycles. The number of phenols is 2. The van der Waals surface area contributed by atoms with Crippen LogP contribution in [0.5, 0.6) is 11.5 Å². The van der Waals surface area contributed by atoms with E-state index in [1.807, 2.05) is 13.8 Å². The number of carboxylic acids is 1. The summed E-state index contributed by atoms with van der Waals surface area (Å²) < 4.78 is 0. The molecule has 0 radical (unpaired) electrons. The van der Waals surface area contributed by atoms with Crippen molar-refractivity contribution in [3.8, 4) is 11.5 Å². The van der Waals surface area contributed by atoms with Crippen molar-refractivity contribution in [2.45, 2.75) is 89.0 Å². The molecule has 0 saturated carbocycles. The van der Waals surface area contributed by atoms with Crippen molar-refractivity contribution >= 4 is 35.6 Å². The van der Waals surface area contributed by atoms with Crippen LogP contribution in [-0.2, 0) is 36.8 Å². The Kier molecular flexibility index (Phi) is 15.0. The summed E-state index contributed by atoms with van der Waals surface area (Å²) in [6.07, 6.45) is 1.69. The molecular weight excluding hydrogens is 660 g/mol. The SMILES string of the molecule is CCC(C)C(N)C(=O)NC(Cc1ccc(O)cc1)C(=O)N1CCCC1C(=O)NC(CCCN=C(N)N)C(=O)NC(Cc1ccc(O)cc1)C(=O)O. The lowest BCUT2D eigenvalue weighted by Crippen LogP contribution is -2.59. The molecule has 3 rings (SSSR count). The maximum absolute atomic E-state index is 14.1. The van der Waals surface area contributed by atoms with E-state index in [9.17, 15) is 39.3 Å². The summed E-state index contributed by atoms with van der Waals surface area (Å²) in [7, 11) is 0. The molecule has 1 fully saturated rings. The minimum atomic E-state index is -1.35. The van der Waals surface area contributed by atoms with Crippen LogP contribution in [-0.4, -0.2) is 99.1 Å². The molecule has 2 aromatic rings. The fourth-order valence-electron chi connectivity index (χ4n) is 5.73. The van der Waals surface area contributed by atoms with Gasteiger partial charge in [0.15, 0.2) is 5.96 Å². The first-order valence-corrected chi connectivity index (χ1v) is 17.0. The third-order valence-corrected chi connectivity index (χ3v) is 8.96. The summed E-state index contributed by atoms with van der Waals surface area (Å²) >= 11 is 0. The van der Waals surface area contributed by atoms with E-state index in [1.54, 1.807) is 12.1 Å². The normalized spacial score (nSPS) is 16.9. The molecule has 0 bridgehead atoms. The van der Waals surface area contributed by atoms with Crippen LogP contribution in [0.1, 0.15) is 57.1 Å². The van der Waals surface area contributed by atoms with E-state index in [1.165, 1.54) is 41.3 Å². The second kappa shape index (κ2) is 19.1. The molecule has 16 nitrogen and oxygen atoms in total. The van der Waals surface area contributed by atoms with Crippen LogP contribution < -0.4 is 33.2 Å². The minimum absolute atomic E-state index is 0.00127. The Labute approximate surface area is 296 Å². The molecule has 278 valence electrons. The van der Waals surface area contributed by atoms with E-state index in [0.717, 1.165) is 0 Å². The summed E-state index contributed by atoms with van der Waals surface area (Å²) in [6, 6.07) is 6.56. The van der Waals surface area contributed by atoms with Gasteiger partial charge < -0.3 is 53.4 Å². The number of benzene rings is 2. The van der Waals surface area contributed by atoms with Crippen molar-refractivity contribution in [3.05, 3.63) is 59.7 Å². The van der Waals surface area contributed by atoms with E-state index in [2.05, 4.69) is 20.9 Å². The van der Waals surface area contributed by atoms with Gasteiger partial charge >= 0.3 is 5.97 Å². The van der Waals surface area contributed by atoms with E-state index < -0.39 is 59.8 Å². The molecule has 2 aromatic carbocycles. The lowest BCUT2D eigenvalue weighted by Gasteiger charge is -2.31. The Balaban J connectivity index is 1.81. The molecule has 6 unspecified atom stereocenters. The molecule has 16 heteroatoms. The number of rotatable bonds is 18. The maximum atomic E-state index is 14.1. The average Bonchev–Trinajstić information content (AvgIpc) is 3.60. The highest BCUT2D eigenvalue weighted by Crippen LogP contribution is 2.21. The van der Waals surface area contributed by atoms with Crippen molar-refractivity contribution < 1.29 is 39.3 Å². The van der Waals surface area contributed by atoms with Crippen LogP contribution in [0.15, 0.2) is 53.5 Å². The topological polar surface area (TPSA) is 276 Å². The molecule has 1 aliphatic heterocycles. The Hall–Kier alpha value is -5.38. The molecule has 1 aliphatic rings. The fraction of sp³-hybridized carbons (Fsp3) is 0.486. The number of aliphatic imine (C=N–C) groups is 1. The van der Waals surface area contributed by atoms with Crippen molar-refractivity contribution in [3.63, 3.8) is 0 Å². The van der Waals surface area contributed by atoms with Gasteiger partial charge in [0.2, 0.25) is 23.6 Å². The molecule has 0 spiro atoms. The summed E-state index contributed by atoms with van der Waals surface area (Å²) in [6.45, 7) is 4.09. The molecule has 6 atom stereocenters. The number of nitrogens with one attached hydrogen (secondary N) is 3. The van der Waals surface area contributed by atoms with Gasteiger partial charge in [-0.25, -0.2) is 4.79 Å². The Morgan fingerprint density at radius 1 is 0.863 bits per heavy atom. The molecular formula is C35H50N8O8. The Bertz CT molecular complexity index is 1530. The van der Waals surface area contributed by atoms with Gasteiger partial charge in [0.1, 0.15) is 35.7 Å². The third kappa shape index (κ3) is 12.2. The smallest absolute Gasteiger partial charge is 0.326 e. The zero-order valence-electron chi connectivity index (χ0n) is 29.0. The number of nitrogens with zero attached hydrogens (tertiary/aromatic N) is 2. The van der Waals surface area contributed by atoms with Crippen LogP contribution >= 0.6 is 0 Å². The highest BCUT2D eigenvalue weighted by Gasteiger charge is 2.39. The van der Waals surface area contributed by atoms with Crippen LogP contribution in [0.25, 0.3) is 0 Å². The van der Waals surface area contributed by atoms with Crippen LogP contribution in [0.4, 0.5) is 0 Å². The van der Waals surface area contributed by atoms with Gasteiger partial charge in [0, 0.05) is 25.9 Å². The van der Waals surface area contributed by atoms with Crippen molar-refractivity contribution in [1.82, 2.24) is 20.9 Å². The number of hydrogen-bond acceptors (Lipinski definition) is 9. The standard InChI is InChI=1S/C35H50N8O8/c1-3-20(2)29(36)32(48)41-26(18-21-8-12-23(44)13-9-21)33(49)43-17-5-7-28(43)31(47)40-25(6-4-16-39-35(37)38)30(46)42-27(34(50)51)19-22-10-14-24(45)15-11-22/h8-15,20,25-29,44-45H,3-7,16-19,36H2,1-2H3,(H,40,47)(H,41,48)(H,42,46)(H,50,51)(H4,37,38,39). The quantitative estimate of drug-likeness (QED) is 0.0557. The van der Waals surface area contributed by atoms with Gasteiger partial charge in [-0.2, -0.15) is 0 Å². The van der Waals surface area contributed by atoms with Crippen molar-refractivity contribution in [2.24, 2.45) is 28.1 Å². The second-order valence-corrected chi connectivity index (χ2v) is 12.8. The summed E-state index contributed by atoms with van der Waals surface area (Å²) in [5.41, 5.74) is 18.2. The number of guanidine groups is 1. The first-order chi connectivity index (χ1) is 24.2. The molecule has 51 heavy (non-hydrogen) atoms. The van der Waals surface area contributed by atoms with Gasteiger partial charge in [0.05, 0.1) is 6.04 Å². The van der Waals surface area contributed by atoms with E-state index in [4.69, 9.17) is 17.2 Å². The molecule has 0 aromatic heterocycles. The predicted molar refractivity (Wildman–Crippen MR) is 189 cm³/mol. The predicted octanol–water partition coefficient (Wildman–Crippen LogP) is -0.160. The monoisotopic (exact) mass is 710 g/mol. The van der Waals surface area contributed by atoms with Gasteiger partial charge in [-0.3, -0.25) is 24.2 Å². The van der Waals surface area contributed by atoms with Gasteiger partial charge in [-0.15, -0.1) is 0 Å².